The van der Waals surface area contributed by atoms with Crippen LogP contribution in [0.2, 0.25) is 0 Å². The number of aromatic nitrogens is 3. The molecule has 0 radical (unpaired) electrons. The van der Waals surface area contributed by atoms with E-state index in [2.05, 4.69) is 31.6 Å². The summed E-state index contributed by atoms with van der Waals surface area (Å²) >= 11 is 3.42. The van der Waals surface area contributed by atoms with Crippen molar-refractivity contribution in [1.82, 2.24) is 15.0 Å². The first-order valence-corrected chi connectivity index (χ1v) is 6.49. The molecule has 100 valence electrons. The molecule has 2 aromatic rings. The van der Waals surface area contributed by atoms with E-state index in [0.29, 0.717) is 13.1 Å². The first kappa shape index (κ1) is 13.5. The molecule has 1 aromatic heterocycles. The maximum Gasteiger partial charge on any atom is 0.358 e. The lowest BCUT2D eigenvalue weighted by Gasteiger charge is -2.09. The van der Waals surface area contributed by atoms with Crippen molar-refractivity contribution < 1.29 is 9.90 Å². The molecule has 1 aromatic carbocycles. The number of aryl methyl sites for hydroxylation is 1. The van der Waals surface area contributed by atoms with Crippen LogP contribution >= 0.6 is 15.9 Å². The summed E-state index contributed by atoms with van der Waals surface area (Å²) in [5, 5.41) is 19.3. The second kappa shape index (κ2) is 5.83. The van der Waals surface area contributed by atoms with Crippen LogP contribution in [0.1, 0.15) is 16.1 Å². The summed E-state index contributed by atoms with van der Waals surface area (Å²) < 4.78 is 2.51. The van der Waals surface area contributed by atoms with Crippen LogP contribution in [0, 0.1) is 6.92 Å². The van der Waals surface area contributed by atoms with Gasteiger partial charge in [0.1, 0.15) is 0 Å². The van der Waals surface area contributed by atoms with E-state index in [9.17, 15) is 4.79 Å². The zero-order chi connectivity index (χ0) is 13.8. The molecule has 0 atom stereocenters. The Bertz CT molecular complexity index is 597. The summed E-state index contributed by atoms with van der Waals surface area (Å²) in [6.07, 6.45) is 1.41. The summed E-state index contributed by atoms with van der Waals surface area (Å²) in [5.41, 5.74) is 2.14. The Hall–Kier alpha value is -1.89. The molecule has 0 aliphatic heterocycles. The molecule has 6 nitrogen and oxygen atoms in total. The number of aromatic carboxylic acids is 1. The second-order valence-corrected chi connectivity index (χ2v) is 4.97. The standard InChI is InChI=1S/C12H13BrN4O2/c1-8-2-3-9(13)6-10(8)14-4-5-17-7-11(12(18)19)15-16-17/h2-3,6-7,14H,4-5H2,1H3,(H,18,19). The lowest BCUT2D eigenvalue weighted by molar-refractivity contribution is 0.0690. The van der Waals surface area contributed by atoms with Crippen molar-refractivity contribution in [1.29, 1.82) is 0 Å². The molecular formula is C12H13BrN4O2. The first-order chi connectivity index (χ1) is 9.06. The molecule has 2 N–H and O–H groups in total. The zero-order valence-electron chi connectivity index (χ0n) is 10.3. The van der Waals surface area contributed by atoms with E-state index < -0.39 is 5.97 Å². The highest BCUT2D eigenvalue weighted by atomic mass is 79.9. The number of anilines is 1. The molecule has 0 spiro atoms. The smallest absolute Gasteiger partial charge is 0.358 e. The number of nitrogens with one attached hydrogen (secondary N) is 1. The van der Waals surface area contributed by atoms with E-state index in [-0.39, 0.29) is 5.69 Å². The van der Waals surface area contributed by atoms with Crippen molar-refractivity contribution in [3.8, 4) is 0 Å². The maximum atomic E-state index is 10.7. The molecule has 2 rings (SSSR count). The molecule has 0 unspecified atom stereocenters. The Labute approximate surface area is 118 Å². The topological polar surface area (TPSA) is 80.0 Å². The molecule has 19 heavy (non-hydrogen) atoms. The second-order valence-electron chi connectivity index (χ2n) is 4.06. The summed E-state index contributed by atoms with van der Waals surface area (Å²) in [7, 11) is 0. The average Bonchev–Trinajstić information content (AvgIpc) is 2.82. The minimum atomic E-state index is -1.07. The SMILES string of the molecule is Cc1ccc(Br)cc1NCCn1cc(C(=O)O)nn1. The third-order valence-corrected chi connectivity index (χ3v) is 3.11. The number of hydrogen-bond acceptors (Lipinski definition) is 4. The van der Waals surface area contributed by atoms with Crippen LogP contribution in [0.5, 0.6) is 0 Å². The number of nitrogens with zero attached hydrogens (tertiary/aromatic N) is 3. The molecular weight excluding hydrogens is 312 g/mol. The van der Waals surface area contributed by atoms with Gasteiger partial charge in [0, 0.05) is 16.7 Å². The number of benzene rings is 1. The minimum absolute atomic E-state index is 0.0429. The Morgan fingerprint density at radius 2 is 2.32 bits per heavy atom. The fourth-order valence-corrected chi connectivity index (χ4v) is 1.96. The highest BCUT2D eigenvalue weighted by molar-refractivity contribution is 9.10. The fourth-order valence-electron chi connectivity index (χ4n) is 1.60. The molecule has 0 aliphatic rings. The fraction of sp³-hybridized carbons (Fsp3) is 0.250. The van der Waals surface area contributed by atoms with Crippen molar-refractivity contribution >= 4 is 27.6 Å². The van der Waals surface area contributed by atoms with Gasteiger partial charge in [0.2, 0.25) is 0 Å². The van der Waals surface area contributed by atoms with Crippen molar-refractivity contribution in [3.05, 3.63) is 40.1 Å². The van der Waals surface area contributed by atoms with Crippen LogP contribution in [0.15, 0.2) is 28.9 Å². The Balaban J connectivity index is 1.92. The Kier molecular flexibility index (Phi) is 4.16. The third-order valence-electron chi connectivity index (χ3n) is 2.61. The van der Waals surface area contributed by atoms with Gasteiger partial charge in [-0.3, -0.25) is 0 Å². The highest BCUT2D eigenvalue weighted by Gasteiger charge is 2.07. The lowest BCUT2D eigenvalue weighted by atomic mass is 10.2. The van der Waals surface area contributed by atoms with Crippen LogP contribution in [0.3, 0.4) is 0 Å². The van der Waals surface area contributed by atoms with E-state index >= 15 is 0 Å². The molecule has 1 heterocycles. The van der Waals surface area contributed by atoms with Gasteiger partial charge < -0.3 is 10.4 Å². The molecule has 0 saturated carbocycles. The van der Waals surface area contributed by atoms with Gasteiger partial charge in [0.15, 0.2) is 5.69 Å². The Morgan fingerprint density at radius 3 is 3.00 bits per heavy atom. The number of carboxylic acids is 1. The molecule has 0 aliphatic carbocycles. The number of rotatable bonds is 5. The summed E-state index contributed by atoms with van der Waals surface area (Å²) in [4.78, 5) is 10.7. The number of carboxylic acid groups (broad SMARTS) is 1. The number of halogens is 1. The van der Waals surface area contributed by atoms with Gasteiger partial charge in [-0.25, -0.2) is 9.48 Å². The molecule has 0 bridgehead atoms. The van der Waals surface area contributed by atoms with Gasteiger partial charge in [0.05, 0.1) is 12.7 Å². The third kappa shape index (κ3) is 3.54. The molecule has 7 heteroatoms. The van der Waals surface area contributed by atoms with Crippen LogP contribution in [-0.2, 0) is 6.54 Å². The van der Waals surface area contributed by atoms with Crippen molar-refractivity contribution in [3.63, 3.8) is 0 Å². The van der Waals surface area contributed by atoms with Crippen LogP contribution in [0.25, 0.3) is 0 Å². The van der Waals surface area contributed by atoms with E-state index in [1.165, 1.54) is 10.9 Å². The van der Waals surface area contributed by atoms with Crippen LogP contribution in [0.4, 0.5) is 5.69 Å². The van der Waals surface area contributed by atoms with Crippen molar-refractivity contribution in [2.75, 3.05) is 11.9 Å². The summed E-state index contributed by atoms with van der Waals surface area (Å²) in [6.45, 7) is 3.21. The van der Waals surface area contributed by atoms with Gasteiger partial charge in [-0.2, -0.15) is 0 Å². The lowest BCUT2D eigenvalue weighted by Crippen LogP contribution is -2.11. The summed E-state index contributed by atoms with van der Waals surface area (Å²) in [6, 6.07) is 6.00. The number of hydrogen-bond donors (Lipinski definition) is 2. The maximum absolute atomic E-state index is 10.7. The van der Waals surface area contributed by atoms with Crippen LogP contribution < -0.4 is 5.32 Å². The normalized spacial score (nSPS) is 10.4. The van der Waals surface area contributed by atoms with Crippen molar-refractivity contribution in [2.24, 2.45) is 0 Å². The van der Waals surface area contributed by atoms with Gasteiger partial charge in [-0.05, 0) is 24.6 Å². The minimum Gasteiger partial charge on any atom is -0.476 e. The predicted molar refractivity (Wildman–Crippen MR) is 74.4 cm³/mol. The van der Waals surface area contributed by atoms with E-state index in [0.717, 1.165) is 15.7 Å². The molecule has 0 saturated heterocycles. The van der Waals surface area contributed by atoms with Gasteiger partial charge in [-0.1, -0.05) is 27.2 Å². The molecule has 0 fully saturated rings. The van der Waals surface area contributed by atoms with E-state index in [1.807, 2.05) is 25.1 Å². The highest BCUT2D eigenvalue weighted by Crippen LogP contribution is 2.20. The average molecular weight is 325 g/mol. The summed E-state index contributed by atoms with van der Waals surface area (Å²) in [5.74, 6) is -1.07. The van der Waals surface area contributed by atoms with Gasteiger partial charge in [-0.15, -0.1) is 5.10 Å². The van der Waals surface area contributed by atoms with E-state index in [1.54, 1.807) is 0 Å². The Morgan fingerprint density at radius 1 is 1.53 bits per heavy atom. The van der Waals surface area contributed by atoms with Crippen molar-refractivity contribution in [2.45, 2.75) is 13.5 Å². The first-order valence-electron chi connectivity index (χ1n) is 5.70. The predicted octanol–water partition coefficient (Wildman–Crippen LogP) is 2.16. The zero-order valence-corrected chi connectivity index (χ0v) is 11.9. The van der Waals surface area contributed by atoms with Gasteiger partial charge >= 0.3 is 5.97 Å². The largest absolute Gasteiger partial charge is 0.476 e. The monoisotopic (exact) mass is 324 g/mol. The van der Waals surface area contributed by atoms with E-state index in [4.69, 9.17) is 5.11 Å². The molecule has 0 amide bonds. The number of carbonyl (C=O) groups is 1. The quantitative estimate of drug-likeness (QED) is 0.881. The van der Waals surface area contributed by atoms with Crippen LogP contribution in [-0.4, -0.2) is 32.6 Å². The van der Waals surface area contributed by atoms with Gasteiger partial charge in [0.25, 0.3) is 0 Å².